The van der Waals surface area contributed by atoms with Gasteiger partial charge in [0.2, 0.25) is 0 Å². The summed E-state index contributed by atoms with van der Waals surface area (Å²) in [5.41, 5.74) is 4.10. The van der Waals surface area contributed by atoms with Crippen molar-refractivity contribution >= 4 is 17.4 Å². The van der Waals surface area contributed by atoms with E-state index in [-0.39, 0.29) is 24.1 Å². The molecule has 0 spiro atoms. The molecular weight excluding hydrogens is 494 g/mol. The number of hydrogen-bond donors (Lipinski definition) is 0. The lowest BCUT2D eigenvalue weighted by atomic mass is 9.90. The van der Waals surface area contributed by atoms with Crippen LogP contribution in [0.5, 0.6) is 0 Å². The van der Waals surface area contributed by atoms with Crippen LogP contribution in [0.25, 0.3) is 27.8 Å². The quantitative estimate of drug-likeness (QED) is 0.400. The topological polar surface area (TPSA) is 128 Å². The Balaban J connectivity index is 1.30. The predicted octanol–water partition coefficient (Wildman–Crippen LogP) is 3.62. The lowest BCUT2D eigenvalue weighted by Crippen LogP contribution is -2.64. The summed E-state index contributed by atoms with van der Waals surface area (Å²) < 4.78 is 9.02. The molecule has 0 radical (unpaired) electrons. The Hall–Kier alpha value is -4.90. The molecule has 0 aromatic carbocycles. The summed E-state index contributed by atoms with van der Waals surface area (Å²) in [5, 5.41) is 28.2. The number of fused-ring (bicyclic) bond motifs is 2. The second kappa shape index (κ2) is 8.84. The molecular formula is C28H27N9O2. The average molecular weight is 522 g/mol. The van der Waals surface area contributed by atoms with Gasteiger partial charge in [-0.3, -0.25) is 9.58 Å². The van der Waals surface area contributed by atoms with Crippen LogP contribution in [0.4, 0.5) is 10.6 Å². The molecule has 4 aromatic rings. The van der Waals surface area contributed by atoms with E-state index in [2.05, 4.69) is 27.2 Å². The Kier molecular flexibility index (Phi) is 5.54. The molecule has 1 amide bonds. The van der Waals surface area contributed by atoms with Gasteiger partial charge in [0.1, 0.15) is 17.5 Å². The Labute approximate surface area is 225 Å². The van der Waals surface area contributed by atoms with Crippen molar-refractivity contribution in [2.45, 2.75) is 38.5 Å². The van der Waals surface area contributed by atoms with Crippen molar-refractivity contribution in [2.75, 3.05) is 18.0 Å². The molecule has 2 aliphatic heterocycles. The number of carbonyl (C=O) groups excluding carboxylic acids is 1. The summed E-state index contributed by atoms with van der Waals surface area (Å²) >= 11 is 0. The summed E-state index contributed by atoms with van der Waals surface area (Å²) in [4.78, 5) is 21.2. The van der Waals surface area contributed by atoms with Crippen LogP contribution in [0.3, 0.4) is 0 Å². The molecule has 0 aliphatic carbocycles. The summed E-state index contributed by atoms with van der Waals surface area (Å²) in [6.07, 6.45) is 8.55. The van der Waals surface area contributed by atoms with Gasteiger partial charge >= 0.3 is 6.09 Å². The van der Waals surface area contributed by atoms with E-state index in [0.717, 1.165) is 28.1 Å². The zero-order valence-electron chi connectivity index (χ0n) is 22.1. The van der Waals surface area contributed by atoms with Crippen LogP contribution in [0.2, 0.25) is 0 Å². The summed E-state index contributed by atoms with van der Waals surface area (Å²) in [6, 6.07) is 10.3. The molecule has 2 aliphatic rings. The molecule has 4 aromatic heterocycles. The first kappa shape index (κ1) is 24.4. The van der Waals surface area contributed by atoms with Gasteiger partial charge in [-0.1, -0.05) is 0 Å². The first-order valence-corrected chi connectivity index (χ1v) is 12.7. The standard InChI is InChI=1S/C28H27N9O2/c1-28(2,3)39-27(38)35-14-20(9-30)26-23(35)16-36(26)24-6-5-17(10-31-24)22-7-18(21-12-32-34(4)13-21)15-37-25(22)19(8-29)11-33-37/h5-7,10-13,15,20,23,26H,14,16H2,1-4H3/t20-,23-,26-/m0/s1. The Morgan fingerprint density at radius 2 is 1.87 bits per heavy atom. The number of carbonyl (C=O) groups is 1. The predicted molar refractivity (Wildman–Crippen MR) is 142 cm³/mol. The van der Waals surface area contributed by atoms with Crippen molar-refractivity contribution < 1.29 is 9.53 Å². The van der Waals surface area contributed by atoms with Gasteiger partial charge in [-0.15, -0.1) is 0 Å². The van der Waals surface area contributed by atoms with Gasteiger partial charge in [0.25, 0.3) is 0 Å². The van der Waals surface area contributed by atoms with Gasteiger partial charge in [0, 0.05) is 61.0 Å². The third-order valence-corrected chi connectivity index (χ3v) is 7.26. The van der Waals surface area contributed by atoms with Crippen LogP contribution in [-0.4, -0.2) is 66.1 Å². The lowest BCUT2D eigenvalue weighted by molar-refractivity contribution is 0.0193. The van der Waals surface area contributed by atoms with Crippen molar-refractivity contribution in [3.63, 3.8) is 0 Å². The third-order valence-electron chi connectivity index (χ3n) is 7.26. The van der Waals surface area contributed by atoms with E-state index < -0.39 is 5.60 Å². The van der Waals surface area contributed by atoms with Crippen molar-refractivity contribution in [3.8, 4) is 34.4 Å². The average Bonchev–Trinajstić information content (AvgIpc) is 3.58. The highest BCUT2D eigenvalue weighted by atomic mass is 16.6. The fourth-order valence-corrected chi connectivity index (χ4v) is 5.49. The van der Waals surface area contributed by atoms with Gasteiger partial charge in [-0.05, 0) is 39.0 Å². The van der Waals surface area contributed by atoms with Crippen molar-refractivity contribution in [3.05, 3.63) is 54.7 Å². The number of likely N-dealkylation sites (tertiary alicyclic amines) is 1. The number of rotatable bonds is 3. The van der Waals surface area contributed by atoms with Crippen molar-refractivity contribution in [1.82, 2.24) is 29.3 Å². The number of pyridine rings is 2. The van der Waals surface area contributed by atoms with Crippen LogP contribution in [-0.2, 0) is 11.8 Å². The first-order valence-electron chi connectivity index (χ1n) is 12.7. The molecule has 3 atom stereocenters. The number of nitrogens with zero attached hydrogens (tertiary/aromatic N) is 9. The Bertz CT molecular complexity index is 1670. The van der Waals surface area contributed by atoms with E-state index >= 15 is 0 Å². The maximum atomic E-state index is 12.8. The molecule has 6 rings (SSSR count). The van der Waals surface area contributed by atoms with Gasteiger partial charge in [-0.25, -0.2) is 14.3 Å². The molecule has 0 unspecified atom stereocenters. The monoisotopic (exact) mass is 521 g/mol. The van der Waals surface area contributed by atoms with Crippen LogP contribution < -0.4 is 4.90 Å². The number of hydrogen-bond acceptors (Lipinski definition) is 8. The van der Waals surface area contributed by atoms with Gasteiger partial charge in [0.15, 0.2) is 0 Å². The number of nitriles is 2. The van der Waals surface area contributed by atoms with Crippen molar-refractivity contribution in [1.29, 1.82) is 10.5 Å². The second-order valence-corrected chi connectivity index (χ2v) is 11.0. The maximum Gasteiger partial charge on any atom is 0.410 e. The smallest absolute Gasteiger partial charge is 0.410 e. The Morgan fingerprint density at radius 1 is 1.05 bits per heavy atom. The number of amides is 1. The van der Waals surface area contributed by atoms with Crippen LogP contribution in [0.15, 0.2) is 49.2 Å². The molecule has 39 heavy (non-hydrogen) atoms. The summed E-state index contributed by atoms with van der Waals surface area (Å²) in [7, 11) is 1.86. The molecule has 11 nitrogen and oxygen atoms in total. The largest absolute Gasteiger partial charge is 0.444 e. The van der Waals surface area contributed by atoms with E-state index in [1.807, 2.05) is 58.4 Å². The van der Waals surface area contributed by atoms with E-state index in [1.54, 1.807) is 32.7 Å². The first-order chi connectivity index (χ1) is 18.7. The van der Waals surface area contributed by atoms with Gasteiger partial charge in [0.05, 0.1) is 47.5 Å². The molecule has 2 fully saturated rings. The Morgan fingerprint density at radius 3 is 2.51 bits per heavy atom. The highest BCUT2D eigenvalue weighted by Crippen LogP contribution is 2.40. The van der Waals surface area contributed by atoms with Crippen LogP contribution >= 0.6 is 0 Å². The van der Waals surface area contributed by atoms with E-state index in [4.69, 9.17) is 9.72 Å². The highest BCUT2D eigenvalue weighted by molar-refractivity contribution is 5.87. The fourth-order valence-electron chi connectivity index (χ4n) is 5.49. The molecule has 0 N–H and O–H groups in total. The van der Waals surface area contributed by atoms with Crippen LogP contribution in [0.1, 0.15) is 26.3 Å². The molecule has 0 bridgehead atoms. The minimum atomic E-state index is -0.598. The SMILES string of the molecule is Cn1cc(-c2cc(-c3ccc(N4C[C@H]5[C@@H]4[C@@H](C#N)CN5C(=O)OC(C)(C)C)nc3)c3c(C#N)cnn3c2)cn1. The summed E-state index contributed by atoms with van der Waals surface area (Å²) in [5.74, 6) is 0.401. The molecule has 196 valence electrons. The van der Waals surface area contributed by atoms with E-state index in [0.29, 0.717) is 24.2 Å². The van der Waals surface area contributed by atoms with Crippen molar-refractivity contribution in [2.24, 2.45) is 13.0 Å². The zero-order valence-corrected chi connectivity index (χ0v) is 22.1. The fraction of sp³-hybridized carbons (Fsp3) is 0.357. The van der Waals surface area contributed by atoms with Gasteiger partial charge < -0.3 is 9.64 Å². The molecule has 6 heterocycles. The zero-order chi connectivity index (χ0) is 27.5. The van der Waals surface area contributed by atoms with Gasteiger partial charge in [-0.2, -0.15) is 20.7 Å². The maximum absolute atomic E-state index is 12.8. The normalized spacial score (nSPS) is 20.3. The lowest BCUT2D eigenvalue weighted by Gasteiger charge is -2.47. The van der Waals surface area contributed by atoms with E-state index in [9.17, 15) is 15.3 Å². The second-order valence-electron chi connectivity index (χ2n) is 11.0. The van der Waals surface area contributed by atoms with E-state index in [1.165, 1.54) is 0 Å². The summed E-state index contributed by atoms with van der Waals surface area (Å²) in [6.45, 7) is 6.43. The number of ether oxygens (including phenoxy) is 1. The number of aryl methyl sites for hydroxylation is 1. The highest BCUT2D eigenvalue weighted by Gasteiger charge is 2.55. The third kappa shape index (κ3) is 4.12. The number of anilines is 1. The molecule has 0 saturated carbocycles. The molecule has 2 saturated heterocycles. The number of aromatic nitrogens is 5. The minimum Gasteiger partial charge on any atom is -0.444 e. The molecule has 11 heteroatoms. The van der Waals surface area contributed by atoms with Crippen LogP contribution in [0, 0.1) is 28.6 Å². The minimum absolute atomic E-state index is 0.0910.